The number of aromatic nitrogens is 3. The van der Waals surface area contributed by atoms with Crippen molar-refractivity contribution in [3.63, 3.8) is 0 Å². The maximum absolute atomic E-state index is 11.5. The number of hydrogen-bond acceptors (Lipinski definition) is 5. The molecule has 1 heterocycles. The molecule has 0 bridgehead atoms. The molecule has 0 saturated carbocycles. The fraction of sp³-hybridized carbons (Fsp3) is 0.800. The van der Waals surface area contributed by atoms with Crippen molar-refractivity contribution in [1.82, 2.24) is 14.8 Å². The Bertz CT molecular complexity index is 505. The molecule has 0 fully saturated rings. The van der Waals surface area contributed by atoms with Crippen molar-refractivity contribution < 1.29 is 13.2 Å². The van der Waals surface area contributed by atoms with Crippen molar-refractivity contribution in [2.75, 3.05) is 13.2 Å². The van der Waals surface area contributed by atoms with Crippen LogP contribution in [0.25, 0.3) is 0 Å². The van der Waals surface area contributed by atoms with E-state index in [9.17, 15) is 8.42 Å². The molecule has 18 heavy (non-hydrogen) atoms. The fourth-order valence-corrected chi connectivity index (χ4v) is 2.64. The molecule has 0 aliphatic carbocycles. The highest BCUT2D eigenvalue weighted by atomic mass is 35.7. The third kappa shape index (κ3) is 3.66. The maximum atomic E-state index is 11.5. The van der Waals surface area contributed by atoms with Gasteiger partial charge in [0.25, 0.3) is 14.2 Å². The van der Waals surface area contributed by atoms with Gasteiger partial charge < -0.3 is 4.74 Å². The molecule has 104 valence electrons. The van der Waals surface area contributed by atoms with Crippen LogP contribution in [-0.2, 0) is 25.7 Å². The molecule has 0 aliphatic rings. The van der Waals surface area contributed by atoms with E-state index in [1.807, 2.05) is 27.7 Å². The Balaban J connectivity index is 3.17. The third-order valence-corrected chi connectivity index (χ3v) is 3.38. The minimum Gasteiger partial charge on any atom is -0.381 e. The van der Waals surface area contributed by atoms with Gasteiger partial charge in [0.2, 0.25) is 0 Å². The lowest BCUT2D eigenvalue weighted by Crippen LogP contribution is -2.27. The topological polar surface area (TPSA) is 74.1 Å². The number of rotatable bonds is 5. The first-order chi connectivity index (χ1) is 8.18. The molecule has 0 aromatic carbocycles. The Hall–Kier alpha value is -0.660. The normalized spacial score (nSPS) is 12.9. The summed E-state index contributed by atoms with van der Waals surface area (Å²) in [5.74, 6) is 0.551. The Kier molecular flexibility index (Phi) is 4.74. The van der Waals surface area contributed by atoms with Crippen molar-refractivity contribution in [3.05, 3.63) is 5.82 Å². The molecule has 0 atom stereocenters. The summed E-state index contributed by atoms with van der Waals surface area (Å²) < 4.78 is 29.7. The first-order valence-corrected chi connectivity index (χ1v) is 7.96. The minimum absolute atomic E-state index is 0.219. The van der Waals surface area contributed by atoms with Crippen LogP contribution in [-0.4, -0.2) is 36.4 Å². The van der Waals surface area contributed by atoms with E-state index >= 15 is 0 Å². The third-order valence-electron chi connectivity index (χ3n) is 2.26. The molecule has 8 heteroatoms. The zero-order valence-electron chi connectivity index (χ0n) is 11.0. The van der Waals surface area contributed by atoms with E-state index in [4.69, 9.17) is 15.4 Å². The SMILES string of the molecule is CCOCCc1nnc(S(=O)(=O)Cl)n1C(C)(C)C. The van der Waals surface area contributed by atoms with Crippen molar-refractivity contribution in [3.8, 4) is 0 Å². The summed E-state index contributed by atoms with van der Waals surface area (Å²) >= 11 is 0. The van der Waals surface area contributed by atoms with Crippen LogP contribution in [0.1, 0.15) is 33.5 Å². The second-order valence-electron chi connectivity index (χ2n) is 4.79. The molecule has 0 aliphatic heterocycles. The lowest BCUT2D eigenvalue weighted by Gasteiger charge is -2.24. The number of nitrogens with zero attached hydrogens (tertiary/aromatic N) is 3. The van der Waals surface area contributed by atoms with Gasteiger partial charge in [-0.2, -0.15) is 0 Å². The summed E-state index contributed by atoms with van der Waals surface area (Å²) in [6.07, 6.45) is 0.491. The van der Waals surface area contributed by atoms with Crippen LogP contribution in [0, 0.1) is 0 Å². The molecule has 1 aromatic heterocycles. The van der Waals surface area contributed by atoms with Crippen molar-refractivity contribution in [1.29, 1.82) is 0 Å². The van der Waals surface area contributed by atoms with E-state index in [-0.39, 0.29) is 5.16 Å². The average Bonchev–Trinajstić information content (AvgIpc) is 2.60. The molecule has 0 radical (unpaired) electrons. The molecule has 6 nitrogen and oxygen atoms in total. The molecule has 0 saturated heterocycles. The highest BCUT2D eigenvalue weighted by Gasteiger charge is 2.29. The number of ether oxygens (including phenoxy) is 1. The smallest absolute Gasteiger partial charge is 0.296 e. The first-order valence-electron chi connectivity index (χ1n) is 5.65. The van der Waals surface area contributed by atoms with Crippen molar-refractivity contribution >= 4 is 19.7 Å². The monoisotopic (exact) mass is 295 g/mol. The van der Waals surface area contributed by atoms with E-state index in [2.05, 4.69) is 10.2 Å². The van der Waals surface area contributed by atoms with Gasteiger partial charge >= 0.3 is 0 Å². The van der Waals surface area contributed by atoms with Crippen LogP contribution < -0.4 is 0 Å². The number of halogens is 1. The van der Waals surface area contributed by atoms with Gasteiger partial charge in [-0.3, -0.25) is 4.57 Å². The van der Waals surface area contributed by atoms with E-state index in [1.54, 1.807) is 0 Å². The van der Waals surface area contributed by atoms with Gasteiger partial charge in [0.05, 0.1) is 6.61 Å². The number of hydrogen-bond donors (Lipinski definition) is 0. The van der Waals surface area contributed by atoms with Crippen molar-refractivity contribution in [2.24, 2.45) is 0 Å². The average molecular weight is 296 g/mol. The van der Waals surface area contributed by atoms with E-state index in [1.165, 1.54) is 4.57 Å². The summed E-state index contributed by atoms with van der Waals surface area (Å²) in [4.78, 5) is 0. The molecule has 0 unspecified atom stereocenters. The Morgan fingerprint density at radius 3 is 2.39 bits per heavy atom. The van der Waals surface area contributed by atoms with E-state index < -0.39 is 14.6 Å². The Morgan fingerprint density at radius 1 is 1.33 bits per heavy atom. The maximum Gasteiger partial charge on any atom is 0.296 e. The van der Waals surface area contributed by atoms with E-state index in [0.29, 0.717) is 25.5 Å². The standard InChI is InChI=1S/C10H18ClN3O3S/c1-5-17-7-6-8-12-13-9(18(11,15)16)14(8)10(2,3)4/h5-7H2,1-4H3. The summed E-state index contributed by atoms with van der Waals surface area (Å²) in [7, 11) is 1.46. The van der Waals surface area contributed by atoms with Gasteiger partial charge in [-0.05, 0) is 27.7 Å². The zero-order valence-corrected chi connectivity index (χ0v) is 12.5. The largest absolute Gasteiger partial charge is 0.381 e. The van der Waals surface area contributed by atoms with Crippen molar-refractivity contribution in [2.45, 2.75) is 44.8 Å². The summed E-state index contributed by atoms with van der Waals surface area (Å²) in [5.41, 5.74) is -0.470. The quantitative estimate of drug-likeness (QED) is 0.608. The summed E-state index contributed by atoms with van der Waals surface area (Å²) in [6, 6.07) is 0. The lowest BCUT2D eigenvalue weighted by atomic mass is 10.1. The summed E-state index contributed by atoms with van der Waals surface area (Å²) in [5, 5.41) is 7.34. The van der Waals surface area contributed by atoms with Gasteiger partial charge in [-0.25, -0.2) is 8.42 Å². The molecule has 1 rings (SSSR count). The first kappa shape index (κ1) is 15.4. The fourth-order valence-electron chi connectivity index (χ4n) is 1.60. The van der Waals surface area contributed by atoms with Gasteiger partial charge in [0.1, 0.15) is 5.82 Å². The molecule has 0 N–H and O–H groups in total. The molecule has 0 spiro atoms. The van der Waals surface area contributed by atoms with Crippen LogP contribution in [0.2, 0.25) is 0 Å². The second kappa shape index (κ2) is 5.54. The second-order valence-corrected chi connectivity index (χ2v) is 7.25. The van der Waals surface area contributed by atoms with Gasteiger partial charge in [-0.1, -0.05) is 0 Å². The highest BCUT2D eigenvalue weighted by Crippen LogP contribution is 2.23. The van der Waals surface area contributed by atoms with Gasteiger partial charge in [-0.15, -0.1) is 10.2 Å². The molecular formula is C10H18ClN3O3S. The van der Waals surface area contributed by atoms with Crippen LogP contribution in [0.5, 0.6) is 0 Å². The molecule has 0 amide bonds. The highest BCUT2D eigenvalue weighted by molar-refractivity contribution is 8.13. The molecular weight excluding hydrogens is 278 g/mol. The minimum atomic E-state index is -3.91. The van der Waals surface area contributed by atoms with E-state index in [0.717, 1.165) is 0 Å². The Labute approximate surface area is 112 Å². The van der Waals surface area contributed by atoms with Crippen LogP contribution in [0.4, 0.5) is 0 Å². The predicted octanol–water partition coefficient (Wildman–Crippen LogP) is 1.54. The van der Waals surface area contributed by atoms with Gasteiger partial charge in [0.15, 0.2) is 0 Å². The zero-order chi connectivity index (χ0) is 14.0. The van der Waals surface area contributed by atoms with Crippen LogP contribution >= 0.6 is 10.7 Å². The van der Waals surface area contributed by atoms with Crippen LogP contribution in [0.15, 0.2) is 5.16 Å². The predicted molar refractivity (Wildman–Crippen MR) is 68.3 cm³/mol. The Morgan fingerprint density at radius 2 is 1.94 bits per heavy atom. The van der Waals surface area contributed by atoms with Crippen LogP contribution in [0.3, 0.4) is 0 Å². The lowest BCUT2D eigenvalue weighted by molar-refractivity contribution is 0.147. The summed E-state index contributed by atoms with van der Waals surface area (Å²) in [6.45, 7) is 8.56. The molecule has 1 aromatic rings. The van der Waals surface area contributed by atoms with Gasteiger partial charge in [0, 0.05) is 29.2 Å².